The van der Waals surface area contributed by atoms with Crippen LogP contribution in [0.15, 0.2) is 30.5 Å². The SMILES string of the molecule is CC(=O)c1cc(C(=O)O)n(-c2cc(C)ccc2Cl)c1. The first-order chi connectivity index (χ1) is 8.90. The maximum atomic E-state index is 11.4. The predicted octanol–water partition coefficient (Wildman–Crippen LogP) is 3.34. The first-order valence-electron chi connectivity index (χ1n) is 5.63. The first-order valence-corrected chi connectivity index (χ1v) is 6.01. The number of carboxylic acid groups (broad SMARTS) is 1. The number of aryl methyl sites for hydroxylation is 1. The molecule has 0 aliphatic carbocycles. The Morgan fingerprint density at radius 1 is 1.26 bits per heavy atom. The molecule has 0 aliphatic rings. The molecule has 0 bridgehead atoms. The minimum atomic E-state index is -1.11. The summed E-state index contributed by atoms with van der Waals surface area (Å²) in [6.45, 7) is 3.28. The number of carbonyl (C=O) groups is 2. The van der Waals surface area contributed by atoms with Crippen LogP contribution in [-0.4, -0.2) is 21.4 Å². The Labute approximate surface area is 115 Å². The fourth-order valence-electron chi connectivity index (χ4n) is 1.83. The standard InChI is InChI=1S/C14H12ClNO3/c1-8-3-4-11(15)12(5-8)16-7-10(9(2)17)6-13(16)14(18)19/h3-7H,1-2H3,(H,18,19). The second-order valence-corrected chi connectivity index (χ2v) is 4.71. The van der Waals surface area contributed by atoms with Crippen LogP contribution in [0.5, 0.6) is 0 Å². The van der Waals surface area contributed by atoms with Crippen LogP contribution in [0.25, 0.3) is 5.69 Å². The van der Waals surface area contributed by atoms with Gasteiger partial charge in [0.05, 0.1) is 10.7 Å². The minimum Gasteiger partial charge on any atom is -0.477 e. The molecule has 0 fully saturated rings. The van der Waals surface area contributed by atoms with Crippen LogP contribution in [0.3, 0.4) is 0 Å². The highest BCUT2D eigenvalue weighted by atomic mass is 35.5. The van der Waals surface area contributed by atoms with Gasteiger partial charge < -0.3 is 9.67 Å². The van der Waals surface area contributed by atoms with Gasteiger partial charge in [0.1, 0.15) is 5.69 Å². The van der Waals surface area contributed by atoms with Gasteiger partial charge >= 0.3 is 5.97 Å². The molecule has 1 N–H and O–H groups in total. The van der Waals surface area contributed by atoms with Crippen LogP contribution in [-0.2, 0) is 0 Å². The Bertz CT molecular complexity index is 673. The number of Topliss-reactive ketones (excluding diaryl/α,β-unsaturated/α-hetero) is 1. The lowest BCUT2D eigenvalue weighted by Gasteiger charge is -2.09. The smallest absolute Gasteiger partial charge is 0.352 e. The quantitative estimate of drug-likeness (QED) is 0.875. The molecule has 0 atom stereocenters. The predicted molar refractivity (Wildman–Crippen MR) is 72.5 cm³/mol. The fraction of sp³-hybridized carbons (Fsp3) is 0.143. The van der Waals surface area contributed by atoms with Gasteiger partial charge in [-0.25, -0.2) is 4.79 Å². The number of halogens is 1. The van der Waals surface area contributed by atoms with E-state index >= 15 is 0 Å². The lowest BCUT2D eigenvalue weighted by Crippen LogP contribution is -2.06. The molecule has 1 aromatic carbocycles. The van der Waals surface area contributed by atoms with Gasteiger partial charge in [0.15, 0.2) is 5.78 Å². The number of aromatic carboxylic acids is 1. The molecule has 0 amide bonds. The van der Waals surface area contributed by atoms with E-state index in [1.165, 1.54) is 23.8 Å². The number of rotatable bonds is 3. The molecule has 2 rings (SSSR count). The highest BCUT2D eigenvalue weighted by molar-refractivity contribution is 6.32. The maximum absolute atomic E-state index is 11.4. The van der Waals surface area contributed by atoms with Crippen LogP contribution in [0.1, 0.15) is 33.3 Å². The summed E-state index contributed by atoms with van der Waals surface area (Å²) in [6, 6.07) is 6.66. The average Bonchev–Trinajstić information content (AvgIpc) is 2.77. The second kappa shape index (κ2) is 4.90. The van der Waals surface area contributed by atoms with E-state index in [9.17, 15) is 14.7 Å². The molecule has 0 aliphatic heterocycles. The number of hydrogen-bond donors (Lipinski definition) is 1. The number of hydrogen-bond acceptors (Lipinski definition) is 2. The molecule has 5 heteroatoms. The summed E-state index contributed by atoms with van der Waals surface area (Å²) in [7, 11) is 0. The molecular weight excluding hydrogens is 266 g/mol. The van der Waals surface area contributed by atoms with Crippen LogP contribution in [0.4, 0.5) is 0 Å². The van der Waals surface area contributed by atoms with E-state index in [4.69, 9.17) is 11.6 Å². The van der Waals surface area contributed by atoms with Gasteiger partial charge in [0.25, 0.3) is 0 Å². The average molecular weight is 278 g/mol. The number of benzene rings is 1. The van der Waals surface area contributed by atoms with Crippen LogP contribution < -0.4 is 0 Å². The molecule has 0 radical (unpaired) electrons. The molecule has 19 heavy (non-hydrogen) atoms. The molecule has 1 heterocycles. The van der Waals surface area contributed by atoms with Crippen molar-refractivity contribution in [2.75, 3.05) is 0 Å². The Morgan fingerprint density at radius 2 is 1.95 bits per heavy atom. The van der Waals surface area contributed by atoms with Gasteiger partial charge in [-0.05, 0) is 37.6 Å². The van der Waals surface area contributed by atoms with E-state index in [1.54, 1.807) is 12.1 Å². The maximum Gasteiger partial charge on any atom is 0.352 e. The lowest BCUT2D eigenvalue weighted by atomic mass is 10.2. The molecule has 0 saturated carbocycles. The van der Waals surface area contributed by atoms with E-state index < -0.39 is 5.97 Å². The number of aromatic nitrogens is 1. The van der Waals surface area contributed by atoms with Crippen LogP contribution >= 0.6 is 11.6 Å². The van der Waals surface area contributed by atoms with Crippen LogP contribution in [0.2, 0.25) is 5.02 Å². The van der Waals surface area contributed by atoms with Crippen molar-refractivity contribution in [3.63, 3.8) is 0 Å². The topological polar surface area (TPSA) is 59.3 Å². The summed E-state index contributed by atoms with van der Waals surface area (Å²) in [5.74, 6) is -1.30. The fourth-order valence-corrected chi connectivity index (χ4v) is 2.04. The van der Waals surface area contributed by atoms with E-state index in [1.807, 2.05) is 13.0 Å². The van der Waals surface area contributed by atoms with E-state index in [0.29, 0.717) is 16.3 Å². The largest absolute Gasteiger partial charge is 0.477 e. The van der Waals surface area contributed by atoms with E-state index in [2.05, 4.69) is 0 Å². The monoisotopic (exact) mass is 277 g/mol. The van der Waals surface area contributed by atoms with Crippen molar-refractivity contribution in [2.24, 2.45) is 0 Å². The number of nitrogens with zero attached hydrogens (tertiary/aromatic N) is 1. The van der Waals surface area contributed by atoms with Crippen molar-refractivity contribution in [2.45, 2.75) is 13.8 Å². The van der Waals surface area contributed by atoms with Crippen molar-refractivity contribution in [3.8, 4) is 5.69 Å². The third-order valence-corrected chi connectivity index (χ3v) is 3.13. The Balaban J connectivity index is 2.70. The summed E-state index contributed by atoms with van der Waals surface area (Å²) in [5, 5.41) is 9.64. The van der Waals surface area contributed by atoms with Gasteiger partial charge in [-0.15, -0.1) is 0 Å². The number of ketones is 1. The lowest BCUT2D eigenvalue weighted by molar-refractivity contribution is 0.0688. The molecule has 0 saturated heterocycles. The zero-order chi connectivity index (χ0) is 14.2. The van der Waals surface area contributed by atoms with Gasteiger partial charge in [0.2, 0.25) is 0 Å². The summed E-state index contributed by atoms with van der Waals surface area (Å²) in [4.78, 5) is 22.6. The van der Waals surface area contributed by atoms with Crippen molar-refractivity contribution < 1.29 is 14.7 Å². The molecule has 98 valence electrons. The van der Waals surface area contributed by atoms with E-state index in [0.717, 1.165) is 5.56 Å². The normalized spacial score (nSPS) is 10.5. The Morgan fingerprint density at radius 3 is 2.53 bits per heavy atom. The molecule has 0 unspecified atom stereocenters. The molecule has 2 aromatic rings. The second-order valence-electron chi connectivity index (χ2n) is 4.30. The van der Waals surface area contributed by atoms with Crippen molar-refractivity contribution >= 4 is 23.4 Å². The van der Waals surface area contributed by atoms with Crippen molar-refractivity contribution in [1.29, 1.82) is 0 Å². The van der Waals surface area contributed by atoms with Gasteiger partial charge in [-0.2, -0.15) is 0 Å². The molecular formula is C14H12ClNO3. The zero-order valence-corrected chi connectivity index (χ0v) is 11.2. The van der Waals surface area contributed by atoms with Crippen molar-refractivity contribution in [3.05, 3.63) is 52.3 Å². The minimum absolute atomic E-state index is 0.0118. The number of carbonyl (C=O) groups excluding carboxylic acids is 1. The third-order valence-electron chi connectivity index (χ3n) is 2.81. The van der Waals surface area contributed by atoms with E-state index in [-0.39, 0.29) is 11.5 Å². The van der Waals surface area contributed by atoms with Crippen LogP contribution in [0, 0.1) is 6.92 Å². The highest BCUT2D eigenvalue weighted by Crippen LogP contribution is 2.25. The van der Waals surface area contributed by atoms with Gasteiger partial charge in [-0.3, -0.25) is 4.79 Å². The summed E-state index contributed by atoms with van der Waals surface area (Å²) in [5.41, 5.74) is 1.85. The Hall–Kier alpha value is -2.07. The van der Waals surface area contributed by atoms with Crippen molar-refractivity contribution in [1.82, 2.24) is 4.57 Å². The highest BCUT2D eigenvalue weighted by Gasteiger charge is 2.17. The van der Waals surface area contributed by atoms with Gasteiger partial charge in [0, 0.05) is 11.8 Å². The first kappa shape index (κ1) is 13.4. The number of carboxylic acids is 1. The summed E-state index contributed by atoms with van der Waals surface area (Å²) in [6.07, 6.45) is 1.49. The summed E-state index contributed by atoms with van der Waals surface area (Å²) >= 11 is 6.10. The zero-order valence-electron chi connectivity index (χ0n) is 10.5. The van der Waals surface area contributed by atoms with Gasteiger partial charge in [-0.1, -0.05) is 17.7 Å². The molecule has 1 aromatic heterocycles. The summed E-state index contributed by atoms with van der Waals surface area (Å²) < 4.78 is 1.42. The third kappa shape index (κ3) is 2.53. The Kier molecular flexibility index (Phi) is 3.44. The molecule has 0 spiro atoms. The molecule has 4 nitrogen and oxygen atoms in total.